The van der Waals surface area contributed by atoms with Crippen LogP contribution in [0, 0.1) is 6.92 Å². The Morgan fingerprint density at radius 1 is 0.968 bits per heavy atom. The highest BCUT2D eigenvalue weighted by Gasteiger charge is 2.11. The van der Waals surface area contributed by atoms with E-state index >= 15 is 0 Å². The molecule has 4 rings (SSSR count). The summed E-state index contributed by atoms with van der Waals surface area (Å²) < 4.78 is 14.3. The minimum atomic E-state index is 0.432. The molecule has 0 radical (unpaired) electrons. The predicted octanol–water partition coefficient (Wildman–Crippen LogP) is 6.12. The van der Waals surface area contributed by atoms with Crippen molar-refractivity contribution < 1.29 is 9.47 Å². The summed E-state index contributed by atoms with van der Waals surface area (Å²) in [7, 11) is 0. The number of aromatic nitrogens is 2. The van der Waals surface area contributed by atoms with Crippen LogP contribution < -0.4 is 9.47 Å². The molecule has 0 fully saturated rings. The van der Waals surface area contributed by atoms with E-state index in [9.17, 15) is 0 Å². The largest absolute Gasteiger partial charge is 0.493 e. The van der Waals surface area contributed by atoms with Crippen molar-refractivity contribution in [1.82, 2.24) is 9.55 Å². The van der Waals surface area contributed by atoms with Crippen LogP contribution in [-0.4, -0.2) is 16.2 Å². The van der Waals surface area contributed by atoms with Crippen molar-refractivity contribution in [1.29, 1.82) is 0 Å². The third kappa shape index (κ3) is 5.15. The lowest BCUT2D eigenvalue weighted by Crippen LogP contribution is -2.10. The van der Waals surface area contributed by atoms with E-state index < -0.39 is 0 Å². The Morgan fingerprint density at radius 2 is 1.81 bits per heavy atom. The number of nitrogens with zero attached hydrogens (tertiary/aromatic N) is 2. The zero-order valence-electron chi connectivity index (χ0n) is 18.0. The molecule has 4 heteroatoms. The number of hydrogen-bond acceptors (Lipinski definition) is 3. The second-order valence-corrected chi connectivity index (χ2v) is 7.58. The van der Waals surface area contributed by atoms with Gasteiger partial charge in [0.25, 0.3) is 0 Å². The first-order chi connectivity index (χ1) is 15.2. The first kappa shape index (κ1) is 20.7. The molecule has 3 aromatic carbocycles. The van der Waals surface area contributed by atoms with E-state index in [2.05, 4.69) is 36.3 Å². The zero-order valence-corrected chi connectivity index (χ0v) is 18.0. The normalized spacial score (nSPS) is 10.9. The lowest BCUT2D eigenvalue weighted by Gasteiger charge is -2.13. The van der Waals surface area contributed by atoms with Gasteiger partial charge in [0, 0.05) is 6.54 Å². The monoisotopic (exact) mass is 412 g/mol. The van der Waals surface area contributed by atoms with Gasteiger partial charge in [-0.15, -0.1) is 6.58 Å². The summed E-state index contributed by atoms with van der Waals surface area (Å²) in [6, 6.07) is 24.5. The number of fused-ring (bicyclic) bond motifs is 1. The maximum Gasteiger partial charge on any atom is 0.147 e. The Kier molecular flexibility index (Phi) is 6.68. The molecule has 0 aliphatic heterocycles. The van der Waals surface area contributed by atoms with Crippen molar-refractivity contribution in [3.8, 4) is 11.5 Å². The molecular formula is C27H28N2O2. The van der Waals surface area contributed by atoms with E-state index in [1.54, 1.807) is 0 Å². The number of benzene rings is 3. The van der Waals surface area contributed by atoms with Crippen molar-refractivity contribution in [2.24, 2.45) is 0 Å². The zero-order chi connectivity index (χ0) is 21.5. The van der Waals surface area contributed by atoms with Gasteiger partial charge < -0.3 is 14.0 Å². The summed E-state index contributed by atoms with van der Waals surface area (Å²) in [5.41, 5.74) is 4.46. The number of allylic oxidation sites excluding steroid dienone is 1. The number of aryl methyl sites for hydroxylation is 2. The SMILES string of the molecule is C=CCc1ccccc1OCCCn1c(COc2cccc(C)c2)nc2ccccc21. The molecule has 1 aromatic heterocycles. The van der Waals surface area contributed by atoms with Gasteiger partial charge in [-0.3, -0.25) is 0 Å². The summed E-state index contributed by atoms with van der Waals surface area (Å²) in [4.78, 5) is 4.81. The van der Waals surface area contributed by atoms with Crippen LogP contribution in [-0.2, 0) is 19.6 Å². The molecule has 158 valence electrons. The molecule has 0 saturated heterocycles. The lowest BCUT2D eigenvalue weighted by molar-refractivity contribution is 0.279. The van der Waals surface area contributed by atoms with E-state index in [0.717, 1.165) is 53.3 Å². The van der Waals surface area contributed by atoms with Gasteiger partial charge in [0.05, 0.1) is 17.6 Å². The first-order valence-corrected chi connectivity index (χ1v) is 10.7. The highest BCUT2D eigenvalue weighted by Crippen LogP contribution is 2.21. The van der Waals surface area contributed by atoms with Crippen molar-refractivity contribution in [2.45, 2.75) is 32.9 Å². The highest BCUT2D eigenvalue weighted by molar-refractivity contribution is 5.75. The molecule has 0 saturated carbocycles. The van der Waals surface area contributed by atoms with E-state index in [-0.39, 0.29) is 0 Å². The Balaban J connectivity index is 1.44. The van der Waals surface area contributed by atoms with E-state index in [0.29, 0.717) is 13.2 Å². The fourth-order valence-corrected chi connectivity index (χ4v) is 3.71. The summed E-state index contributed by atoms with van der Waals surface area (Å²) in [6.07, 6.45) is 3.59. The van der Waals surface area contributed by atoms with Gasteiger partial charge in [-0.05, 0) is 61.2 Å². The van der Waals surface area contributed by atoms with Gasteiger partial charge >= 0.3 is 0 Å². The van der Waals surface area contributed by atoms with Crippen LogP contribution in [0.3, 0.4) is 0 Å². The number of hydrogen-bond donors (Lipinski definition) is 0. The molecular weight excluding hydrogens is 384 g/mol. The smallest absolute Gasteiger partial charge is 0.147 e. The standard InChI is InChI=1S/C27H28N2O2/c1-3-10-22-12-4-7-16-26(22)30-18-9-17-29-25-15-6-5-14-24(25)28-27(29)20-31-23-13-8-11-21(2)19-23/h3-8,11-16,19H,1,9-10,17-18,20H2,2H3. The van der Waals surface area contributed by atoms with Crippen LogP contribution >= 0.6 is 0 Å². The Morgan fingerprint density at radius 3 is 2.68 bits per heavy atom. The fraction of sp³-hybridized carbons (Fsp3) is 0.222. The second kappa shape index (κ2) is 9.98. The first-order valence-electron chi connectivity index (χ1n) is 10.7. The Bertz CT molecular complexity index is 1160. The number of ether oxygens (including phenoxy) is 2. The topological polar surface area (TPSA) is 36.3 Å². The van der Waals surface area contributed by atoms with Crippen LogP contribution in [0.1, 0.15) is 23.4 Å². The minimum Gasteiger partial charge on any atom is -0.493 e. The summed E-state index contributed by atoms with van der Waals surface area (Å²) in [5, 5.41) is 0. The molecule has 1 heterocycles. The van der Waals surface area contributed by atoms with Crippen LogP contribution in [0.25, 0.3) is 11.0 Å². The highest BCUT2D eigenvalue weighted by atomic mass is 16.5. The molecule has 0 aliphatic carbocycles. The van der Waals surface area contributed by atoms with Crippen molar-refractivity contribution in [3.63, 3.8) is 0 Å². The molecule has 0 amide bonds. The van der Waals surface area contributed by atoms with Crippen LogP contribution in [0.2, 0.25) is 0 Å². The maximum atomic E-state index is 6.07. The fourth-order valence-electron chi connectivity index (χ4n) is 3.71. The van der Waals surface area contributed by atoms with Crippen LogP contribution in [0.4, 0.5) is 0 Å². The third-order valence-corrected chi connectivity index (χ3v) is 5.21. The average molecular weight is 413 g/mol. The second-order valence-electron chi connectivity index (χ2n) is 7.58. The average Bonchev–Trinajstić information content (AvgIpc) is 3.14. The lowest BCUT2D eigenvalue weighted by atomic mass is 10.1. The van der Waals surface area contributed by atoms with Crippen molar-refractivity contribution in [2.75, 3.05) is 6.61 Å². The molecule has 4 aromatic rings. The van der Waals surface area contributed by atoms with Gasteiger partial charge in [0.2, 0.25) is 0 Å². The summed E-state index contributed by atoms with van der Waals surface area (Å²) >= 11 is 0. The molecule has 4 nitrogen and oxygen atoms in total. The van der Waals surface area contributed by atoms with Crippen LogP contribution in [0.5, 0.6) is 11.5 Å². The van der Waals surface area contributed by atoms with E-state index in [1.165, 1.54) is 5.56 Å². The minimum absolute atomic E-state index is 0.432. The summed E-state index contributed by atoms with van der Waals surface area (Å²) in [6.45, 7) is 7.78. The van der Waals surface area contributed by atoms with Crippen LogP contribution in [0.15, 0.2) is 85.5 Å². The van der Waals surface area contributed by atoms with Crippen molar-refractivity contribution >= 4 is 11.0 Å². The molecule has 0 spiro atoms. The Labute approximate surface area is 183 Å². The number of para-hydroxylation sites is 3. The van der Waals surface area contributed by atoms with Gasteiger partial charge in [-0.25, -0.2) is 4.98 Å². The maximum absolute atomic E-state index is 6.07. The van der Waals surface area contributed by atoms with Crippen molar-refractivity contribution in [3.05, 3.63) is 102 Å². The van der Waals surface area contributed by atoms with Gasteiger partial charge in [-0.2, -0.15) is 0 Å². The summed E-state index contributed by atoms with van der Waals surface area (Å²) in [5.74, 6) is 2.72. The quantitative estimate of drug-likeness (QED) is 0.232. The third-order valence-electron chi connectivity index (χ3n) is 5.21. The van der Waals surface area contributed by atoms with E-state index in [4.69, 9.17) is 14.5 Å². The van der Waals surface area contributed by atoms with Gasteiger partial charge in [0.15, 0.2) is 0 Å². The molecule has 0 unspecified atom stereocenters. The molecule has 0 atom stereocenters. The van der Waals surface area contributed by atoms with Gasteiger partial charge in [0.1, 0.15) is 23.9 Å². The number of rotatable bonds is 10. The molecule has 0 aliphatic rings. The predicted molar refractivity (Wildman–Crippen MR) is 126 cm³/mol. The molecule has 31 heavy (non-hydrogen) atoms. The molecule has 0 bridgehead atoms. The number of imidazole rings is 1. The van der Waals surface area contributed by atoms with Gasteiger partial charge in [-0.1, -0.05) is 48.5 Å². The van der Waals surface area contributed by atoms with E-state index in [1.807, 2.05) is 60.7 Å². The molecule has 0 N–H and O–H groups in total. The Hall–Kier alpha value is -3.53.